The van der Waals surface area contributed by atoms with Gasteiger partial charge in [-0.15, -0.1) is 0 Å². The number of hydrogen-bond donors (Lipinski definition) is 1. The van der Waals surface area contributed by atoms with Gasteiger partial charge in [-0.3, -0.25) is 9.48 Å². The summed E-state index contributed by atoms with van der Waals surface area (Å²) in [6.45, 7) is 4.92. The van der Waals surface area contributed by atoms with E-state index in [4.69, 9.17) is 9.84 Å². The van der Waals surface area contributed by atoms with Crippen LogP contribution in [0.5, 0.6) is 11.5 Å². The van der Waals surface area contributed by atoms with Gasteiger partial charge in [0.2, 0.25) is 0 Å². The zero-order valence-corrected chi connectivity index (χ0v) is 20.2. The van der Waals surface area contributed by atoms with Crippen LogP contribution in [0.2, 0.25) is 0 Å². The van der Waals surface area contributed by atoms with Gasteiger partial charge in [-0.2, -0.15) is 5.10 Å². The van der Waals surface area contributed by atoms with Crippen LogP contribution in [0.4, 0.5) is 0 Å². The van der Waals surface area contributed by atoms with Crippen LogP contribution in [0.25, 0.3) is 11.3 Å². The Morgan fingerprint density at radius 3 is 2.49 bits per heavy atom. The zero-order chi connectivity index (χ0) is 24.5. The molecular formula is C29H29N3O3. The second-order valence-electron chi connectivity index (χ2n) is 8.90. The van der Waals surface area contributed by atoms with Gasteiger partial charge in [0.15, 0.2) is 11.5 Å². The summed E-state index contributed by atoms with van der Waals surface area (Å²) in [4.78, 5) is 15.7. The Kier molecular flexibility index (Phi) is 6.03. The number of fused-ring (bicyclic) bond motifs is 1. The maximum absolute atomic E-state index is 13.8. The molecule has 2 heterocycles. The third kappa shape index (κ3) is 4.16. The molecule has 0 spiro atoms. The summed E-state index contributed by atoms with van der Waals surface area (Å²) in [5, 5.41) is 15.1. The fourth-order valence-corrected chi connectivity index (χ4v) is 4.83. The lowest BCUT2D eigenvalue weighted by Gasteiger charge is -2.27. The average molecular weight is 468 g/mol. The van der Waals surface area contributed by atoms with Gasteiger partial charge in [-0.1, -0.05) is 66.2 Å². The van der Waals surface area contributed by atoms with E-state index in [2.05, 4.69) is 43.3 Å². The molecule has 0 saturated carbocycles. The third-order valence-corrected chi connectivity index (χ3v) is 6.54. The van der Waals surface area contributed by atoms with Gasteiger partial charge in [-0.25, -0.2) is 0 Å². The Hall–Kier alpha value is -4.06. The molecule has 0 aliphatic carbocycles. The largest absolute Gasteiger partial charge is 0.504 e. The van der Waals surface area contributed by atoms with Crippen molar-refractivity contribution in [3.63, 3.8) is 0 Å². The van der Waals surface area contributed by atoms with Crippen LogP contribution in [0, 0.1) is 6.92 Å². The van der Waals surface area contributed by atoms with Crippen molar-refractivity contribution in [2.45, 2.75) is 26.3 Å². The van der Waals surface area contributed by atoms with Gasteiger partial charge < -0.3 is 14.7 Å². The summed E-state index contributed by atoms with van der Waals surface area (Å²) in [5.41, 5.74) is 6.49. The predicted molar refractivity (Wildman–Crippen MR) is 136 cm³/mol. The Balaban J connectivity index is 1.63. The molecule has 1 aromatic heterocycles. The molecule has 1 aliphatic rings. The van der Waals surface area contributed by atoms with Crippen LogP contribution in [-0.2, 0) is 13.5 Å². The SMILES string of the molecule is CCOc1cc(C2c3c(-c4ccc(C)cc4)nn(C)c3C(=O)N2CCc2ccccc2)ccc1O. The molecule has 6 nitrogen and oxygen atoms in total. The number of rotatable bonds is 7. The highest BCUT2D eigenvalue weighted by Gasteiger charge is 2.43. The Bertz CT molecular complexity index is 1360. The van der Waals surface area contributed by atoms with E-state index in [0.29, 0.717) is 24.6 Å². The van der Waals surface area contributed by atoms with Crippen molar-refractivity contribution in [3.05, 3.63) is 101 Å². The molecule has 1 aliphatic heterocycles. The van der Waals surface area contributed by atoms with E-state index in [1.54, 1.807) is 10.7 Å². The minimum absolute atomic E-state index is 0.0414. The van der Waals surface area contributed by atoms with Gasteiger partial charge in [0.1, 0.15) is 5.69 Å². The Morgan fingerprint density at radius 2 is 1.77 bits per heavy atom. The molecule has 0 bridgehead atoms. The van der Waals surface area contributed by atoms with Crippen molar-refractivity contribution in [2.75, 3.05) is 13.2 Å². The fraction of sp³-hybridized carbons (Fsp3) is 0.241. The van der Waals surface area contributed by atoms with Crippen molar-refractivity contribution in [1.29, 1.82) is 0 Å². The number of ether oxygens (including phenoxy) is 1. The van der Waals surface area contributed by atoms with Crippen molar-refractivity contribution < 1.29 is 14.6 Å². The first kappa shape index (κ1) is 22.7. The number of nitrogens with zero attached hydrogens (tertiary/aromatic N) is 3. The first-order valence-electron chi connectivity index (χ1n) is 11.9. The van der Waals surface area contributed by atoms with Crippen LogP contribution in [0.3, 0.4) is 0 Å². The molecular weight excluding hydrogens is 438 g/mol. The van der Waals surface area contributed by atoms with Crippen molar-refractivity contribution in [1.82, 2.24) is 14.7 Å². The molecule has 5 rings (SSSR count). The minimum atomic E-state index is -0.342. The molecule has 1 unspecified atom stereocenters. The number of benzene rings is 3. The molecule has 1 N–H and O–H groups in total. The maximum Gasteiger partial charge on any atom is 0.273 e. The van der Waals surface area contributed by atoms with E-state index in [1.165, 1.54) is 11.1 Å². The second-order valence-corrected chi connectivity index (χ2v) is 8.90. The zero-order valence-electron chi connectivity index (χ0n) is 20.2. The van der Waals surface area contributed by atoms with E-state index in [0.717, 1.165) is 28.8 Å². The number of aromatic nitrogens is 2. The number of amides is 1. The normalized spacial score (nSPS) is 14.9. The quantitative estimate of drug-likeness (QED) is 0.401. The highest BCUT2D eigenvalue weighted by molar-refractivity contribution is 6.00. The van der Waals surface area contributed by atoms with Gasteiger partial charge in [0.25, 0.3) is 5.91 Å². The summed E-state index contributed by atoms with van der Waals surface area (Å²) in [6, 6.07) is 23.4. The standard InChI is InChI=1S/C29H29N3O3/c1-4-35-24-18-22(14-15-23(24)33)27-25-26(21-12-10-19(2)11-13-21)30-31(3)28(25)29(34)32(27)17-16-20-8-6-5-7-9-20/h5-15,18,27,33H,4,16-17H2,1-3H3. The van der Waals surface area contributed by atoms with Crippen molar-refractivity contribution >= 4 is 5.91 Å². The molecule has 3 aromatic carbocycles. The number of phenolic OH excluding ortho intramolecular Hbond substituents is 1. The lowest BCUT2D eigenvalue weighted by Crippen LogP contribution is -2.32. The third-order valence-electron chi connectivity index (χ3n) is 6.54. The van der Waals surface area contributed by atoms with E-state index in [9.17, 15) is 9.90 Å². The van der Waals surface area contributed by atoms with Crippen molar-refractivity contribution in [3.8, 4) is 22.8 Å². The molecule has 6 heteroatoms. The molecule has 0 radical (unpaired) electrons. The van der Waals surface area contributed by atoms with Crippen LogP contribution in [0.15, 0.2) is 72.8 Å². The predicted octanol–water partition coefficient (Wildman–Crippen LogP) is 5.29. The van der Waals surface area contributed by atoms with E-state index >= 15 is 0 Å². The summed E-state index contributed by atoms with van der Waals surface area (Å²) in [6.07, 6.45) is 0.737. The number of carbonyl (C=O) groups is 1. The van der Waals surface area contributed by atoms with Gasteiger partial charge in [-0.05, 0) is 43.5 Å². The maximum atomic E-state index is 13.8. The number of aromatic hydroxyl groups is 1. The van der Waals surface area contributed by atoms with Crippen molar-refractivity contribution in [2.24, 2.45) is 7.05 Å². The summed E-state index contributed by atoms with van der Waals surface area (Å²) in [5.74, 6) is 0.455. The first-order chi connectivity index (χ1) is 17.0. The lowest BCUT2D eigenvalue weighted by atomic mass is 9.95. The number of hydrogen-bond acceptors (Lipinski definition) is 4. The molecule has 0 saturated heterocycles. The molecule has 1 amide bonds. The topological polar surface area (TPSA) is 67.6 Å². The summed E-state index contributed by atoms with van der Waals surface area (Å²) in [7, 11) is 1.83. The minimum Gasteiger partial charge on any atom is -0.504 e. The summed E-state index contributed by atoms with van der Waals surface area (Å²) < 4.78 is 7.38. The number of phenols is 1. The average Bonchev–Trinajstić information content (AvgIpc) is 3.35. The smallest absolute Gasteiger partial charge is 0.273 e. The fourth-order valence-electron chi connectivity index (χ4n) is 4.83. The van der Waals surface area contributed by atoms with Crippen LogP contribution >= 0.6 is 0 Å². The molecule has 4 aromatic rings. The van der Waals surface area contributed by atoms with Crippen LogP contribution in [0.1, 0.15) is 45.7 Å². The lowest BCUT2D eigenvalue weighted by molar-refractivity contribution is 0.0741. The van der Waals surface area contributed by atoms with E-state index in [-0.39, 0.29) is 17.7 Å². The Labute approximate surface area is 205 Å². The van der Waals surface area contributed by atoms with E-state index < -0.39 is 0 Å². The molecule has 178 valence electrons. The van der Waals surface area contributed by atoms with Crippen LogP contribution < -0.4 is 4.74 Å². The monoisotopic (exact) mass is 467 g/mol. The molecule has 0 fully saturated rings. The highest BCUT2D eigenvalue weighted by atomic mass is 16.5. The van der Waals surface area contributed by atoms with Crippen LogP contribution in [-0.4, -0.2) is 38.8 Å². The highest BCUT2D eigenvalue weighted by Crippen LogP contribution is 2.45. The molecule has 35 heavy (non-hydrogen) atoms. The number of carbonyl (C=O) groups excluding carboxylic acids is 1. The Morgan fingerprint density at radius 1 is 1.03 bits per heavy atom. The van der Waals surface area contributed by atoms with Gasteiger partial charge >= 0.3 is 0 Å². The second kappa shape index (κ2) is 9.29. The molecule has 1 atom stereocenters. The number of aryl methyl sites for hydroxylation is 2. The van der Waals surface area contributed by atoms with Gasteiger partial charge in [0.05, 0.1) is 18.3 Å². The first-order valence-corrected chi connectivity index (χ1v) is 11.9. The van der Waals surface area contributed by atoms with E-state index in [1.807, 2.05) is 49.2 Å². The summed E-state index contributed by atoms with van der Waals surface area (Å²) >= 11 is 0. The van der Waals surface area contributed by atoms with Gasteiger partial charge in [0, 0.05) is 24.7 Å².